The molecule has 0 heterocycles. The summed E-state index contributed by atoms with van der Waals surface area (Å²) in [5, 5.41) is 0. The number of carbonyl (C=O) groups is 2. The minimum atomic E-state index is -0.920. The number of unbranched alkanes of at least 4 members (excludes halogenated alkanes) is 1. The van der Waals surface area contributed by atoms with Crippen molar-refractivity contribution in [2.75, 3.05) is 13.2 Å². The van der Waals surface area contributed by atoms with Crippen molar-refractivity contribution in [3.63, 3.8) is 0 Å². The summed E-state index contributed by atoms with van der Waals surface area (Å²) in [7, 11) is 0. The fourth-order valence-corrected chi connectivity index (χ4v) is 2.50. The maximum Gasteiger partial charge on any atom is 0.331 e. The molecule has 1 unspecified atom stereocenters. The van der Waals surface area contributed by atoms with Crippen LogP contribution in [0.1, 0.15) is 43.2 Å². The van der Waals surface area contributed by atoms with Crippen LogP contribution >= 0.6 is 0 Å². The molecule has 7 nitrogen and oxygen atoms in total. The van der Waals surface area contributed by atoms with Gasteiger partial charge in [0.05, 0.1) is 13.2 Å². The molecule has 1 aromatic rings. The lowest BCUT2D eigenvalue weighted by atomic mass is 10.0. The van der Waals surface area contributed by atoms with Crippen molar-refractivity contribution < 1.29 is 23.9 Å². The molecule has 0 amide bonds. The molecule has 148 valence electrons. The first-order valence-electron chi connectivity index (χ1n) is 9.11. The zero-order valence-corrected chi connectivity index (χ0v) is 15.8. The van der Waals surface area contributed by atoms with Gasteiger partial charge in [-0.25, -0.2) is 19.4 Å². The summed E-state index contributed by atoms with van der Waals surface area (Å²) >= 11 is 0. The van der Waals surface area contributed by atoms with E-state index in [0.29, 0.717) is 45.1 Å². The third-order valence-corrected chi connectivity index (χ3v) is 4.00. The van der Waals surface area contributed by atoms with Crippen LogP contribution in [0, 0.1) is 0 Å². The van der Waals surface area contributed by atoms with Crippen LogP contribution < -0.4 is 0 Å². The predicted molar refractivity (Wildman–Crippen MR) is 104 cm³/mol. The van der Waals surface area contributed by atoms with Gasteiger partial charge in [0.25, 0.3) is 0 Å². The van der Waals surface area contributed by atoms with E-state index in [1.54, 1.807) is 6.08 Å². The number of rotatable bonds is 14. The van der Waals surface area contributed by atoms with Gasteiger partial charge in [-0.2, -0.15) is 4.99 Å². The standard InChI is InChI=1S/C21H24N2O5/c1-2-17-8-10-18(11-9-17)14-19(26)6-5-13-28-21(27)20(23-16-25)7-3-4-12-22-15-24/h2,8-11,20H,1,3-7,12-14H2. The Morgan fingerprint density at radius 3 is 2.50 bits per heavy atom. The summed E-state index contributed by atoms with van der Waals surface area (Å²) < 4.78 is 5.11. The number of ether oxygens (including phenoxy) is 1. The molecule has 0 radical (unpaired) electrons. The Balaban J connectivity index is 2.29. The number of esters is 1. The van der Waals surface area contributed by atoms with E-state index in [2.05, 4.69) is 16.6 Å². The van der Waals surface area contributed by atoms with E-state index in [4.69, 9.17) is 4.74 Å². The summed E-state index contributed by atoms with van der Waals surface area (Å²) in [6.07, 6.45) is 7.01. The van der Waals surface area contributed by atoms with Gasteiger partial charge >= 0.3 is 5.97 Å². The van der Waals surface area contributed by atoms with E-state index in [-0.39, 0.29) is 12.4 Å². The molecule has 0 fully saturated rings. The number of hydrogen-bond acceptors (Lipinski definition) is 7. The summed E-state index contributed by atoms with van der Waals surface area (Å²) in [6, 6.07) is 6.65. The molecule has 28 heavy (non-hydrogen) atoms. The van der Waals surface area contributed by atoms with Gasteiger partial charge in [-0.15, -0.1) is 0 Å². The highest BCUT2D eigenvalue weighted by Crippen LogP contribution is 2.10. The van der Waals surface area contributed by atoms with E-state index in [9.17, 15) is 19.2 Å². The van der Waals surface area contributed by atoms with Gasteiger partial charge in [0.2, 0.25) is 12.2 Å². The van der Waals surface area contributed by atoms with Crippen molar-refractivity contribution in [1.82, 2.24) is 0 Å². The molecule has 0 saturated heterocycles. The second-order valence-corrected chi connectivity index (χ2v) is 6.14. The molecule has 0 aliphatic heterocycles. The van der Waals surface area contributed by atoms with Crippen LogP contribution in [0.15, 0.2) is 40.8 Å². The molecule has 1 atom stereocenters. The third kappa shape index (κ3) is 9.53. The highest BCUT2D eigenvalue weighted by atomic mass is 16.5. The Kier molecular flexibility index (Phi) is 11.4. The van der Waals surface area contributed by atoms with Crippen LogP contribution in [0.2, 0.25) is 0 Å². The molecule has 0 aliphatic rings. The lowest BCUT2D eigenvalue weighted by Crippen LogP contribution is -2.22. The fraction of sp³-hybridized carbons (Fsp3) is 0.429. The molecule has 0 bridgehead atoms. The van der Waals surface area contributed by atoms with Gasteiger partial charge in [-0.1, -0.05) is 36.9 Å². The molecular weight excluding hydrogens is 360 g/mol. The minimum absolute atomic E-state index is 0.0561. The molecular formula is C21H24N2O5. The van der Waals surface area contributed by atoms with Gasteiger partial charge in [0.15, 0.2) is 6.04 Å². The second-order valence-electron chi connectivity index (χ2n) is 6.14. The van der Waals surface area contributed by atoms with E-state index < -0.39 is 12.0 Å². The number of carbonyl (C=O) groups excluding carboxylic acids is 4. The summed E-state index contributed by atoms with van der Waals surface area (Å²) in [5.74, 6) is -0.560. The number of aliphatic imine (C=N–C) groups is 2. The smallest absolute Gasteiger partial charge is 0.331 e. The zero-order chi connectivity index (χ0) is 20.6. The Hall–Kier alpha value is -3.14. The molecule has 1 rings (SSSR count). The molecule has 1 aromatic carbocycles. The first-order chi connectivity index (χ1) is 13.6. The van der Waals surface area contributed by atoms with Gasteiger partial charge in [0.1, 0.15) is 5.78 Å². The molecule has 0 aromatic heterocycles. The van der Waals surface area contributed by atoms with Crippen molar-refractivity contribution in [3.05, 3.63) is 42.0 Å². The van der Waals surface area contributed by atoms with Gasteiger partial charge < -0.3 is 4.74 Å². The lowest BCUT2D eigenvalue weighted by Gasteiger charge is -2.10. The van der Waals surface area contributed by atoms with Crippen LogP contribution in [-0.4, -0.2) is 43.1 Å². The number of nitrogens with zero attached hydrogens (tertiary/aromatic N) is 2. The Labute approximate surface area is 164 Å². The van der Waals surface area contributed by atoms with Gasteiger partial charge in [0, 0.05) is 12.8 Å². The summed E-state index contributed by atoms with van der Waals surface area (Å²) in [4.78, 5) is 51.3. The zero-order valence-electron chi connectivity index (χ0n) is 15.8. The average Bonchev–Trinajstić information content (AvgIpc) is 2.70. The average molecular weight is 384 g/mol. The molecule has 0 aliphatic carbocycles. The number of Topliss-reactive ketones (excluding diaryl/α,β-unsaturated/α-hetero) is 1. The molecule has 0 saturated carbocycles. The van der Waals surface area contributed by atoms with E-state index >= 15 is 0 Å². The number of benzene rings is 1. The Morgan fingerprint density at radius 2 is 1.86 bits per heavy atom. The maximum atomic E-state index is 12.0. The van der Waals surface area contributed by atoms with Crippen LogP contribution in [0.25, 0.3) is 6.08 Å². The fourth-order valence-electron chi connectivity index (χ4n) is 2.50. The van der Waals surface area contributed by atoms with Crippen molar-refractivity contribution in [3.8, 4) is 0 Å². The molecule has 0 N–H and O–H groups in total. The SMILES string of the molecule is C=Cc1ccc(CC(=O)CCCOC(=O)C(CCCCN=C=O)N=C=O)cc1. The summed E-state index contributed by atoms with van der Waals surface area (Å²) in [6.45, 7) is 4.08. The third-order valence-electron chi connectivity index (χ3n) is 4.00. The predicted octanol–water partition coefficient (Wildman–Crippen LogP) is 2.98. The van der Waals surface area contributed by atoms with E-state index in [0.717, 1.165) is 11.1 Å². The first kappa shape index (κ1) is 22.9. The minimum Gasteiger partial charge on any atom is -0.464 e. The quantitative estimate of drug-likeness (QED) is 0.212. The molecule has 0 spiro atoms. The van der Waals surface area contributed by atoms with Crippen LogP contribution in [-0.2, 0) is 30.3 Å². The number of hydrogen-bond donors (Lipinski definition) is 0. The second kappa shape index (κ2) is 14.0. The van der Waals surface area contributed by atoms with Crippen LogP contribution in [0.3, 0.4) is 0 Å². The normalized spacial score (nSPS) is 10.9. The van der Waals surface area contributed by atoms with Crippen LogP contribution in [0.4, 0.5) is 0 Å². The highest BCUT2D eigenvalue weighted by molar-refractivity contribution is 5.81. The number of ketones is 1. The van der Waals surface area contributed by atoms with Crippen molar-refractivity contribution in [2.45, 2.75) is 44.6 Å². The monoisotopic (exact) mass is 384 g/mol. The largest absolute Gasteiger partial charge is 0.464 e. The molecule has 7 heteroatoms. The van der Waals surface area contributed by atoms with Crippen molar-refractivity contribution >= 4 is 30.0 Å². The number of isocyanates is 2. The lowest BCUT2D eigenvalue weighted by molar-refractivity contribution is -0.145. The Morgan fingerprint density at radius 1 is 1.11 bits per heavy atom. The Bertz CT molecular complexity index is 745. The maximum absolute atomic E-state index is 12.0. The van der Waals surface area contributed by atoms with Crippen LogP contribution in [0.5, 0.6) is 0 Å². The topological polar surface area (TPSA) is 102 Å². The first-order valence-corrected chi connectivity index (χ1v) is 9.11. The van der Waals surface area contributed by atoms with Gasteiger partial charge in [-0.05, 0) is 36.8 Å². The van der Waals surface area contributed by atoms with Crippen molar-refractivity contribution in [2.24, 2.45) is 9.98 Å². The van der Waals surface area contributed by atoms with Gasteiger partial charge in [-0.3, -0.25) is 4.79 Å². The van der Waals surface area contributed by atoms with Crippen molar-refractivity contribution in [1.29, 1.82) is 0 Å². The van der Waals surface area contributed by atoms with E-state index in [1.165, 1.54) is 12.2 Å². The van der Waals surface area contributed by atoms with E-state index in [1.807, 2.05) is 24.3 Å². The summed E-state index contributed by atoms with van der Waals surface area (Å²) in [5.41, 5.74) is 1.92. The highest BCUT2D eigenvalue weighted by Gasteiger charge is 2.18.